The average molecular weight is 340 g/mol. The lowest BCUT2D eigenvalue weighted by Crippen LogP contribution is -2.45. The van der Waals surface area contributed by atoms with E-state index < -0.39 is 23.7 Å². The molecule has 0 bridgehead atoms. The van der Waals surface area contributed by atoms with E-state index in [1.54, 1.807) is 20.8 Å². The molecule has 0 fully saturated rings. The lowest BCUT2D eigenvalue weighted by Gasteiger charge is -2.21. The molecule has 5 nitrogen and oxygen atoms in total. The molecule has 0 radical (unpaired) electrons. The molecule has 1 atom stereocenters. The van der Waals surface area contributed by atoms with Crippen molar-refractivity contribution in [2.24, 2.45) is 0 Å². The molecule has 0 aromatic rings. The lowest BCUT2D eigenvalue weighted by atomic mass is 10.2. The number of carboxylic acid groups (broad SMARTS) is 1. The normalized spacial score (nSPS) is 12.7. The Hall–Kier alpha value is -0.690. The molecular weight excluding hydrogens is 322 g/mol. The van der Waals surface area contributed by atoms with Crippen LogP contribution in [0.3, 0.4) is 0 Å². The summed E-state index contributed by atoms with van der Waals surface area (Å²) in [4.78, 5) is 22.4. The van der Waals surface area contributed by atoms with Crippen LogP contribution in [0.5, 0.6) is 0 Å². The maximum Gasteiger partial charge on any atom is 0.408 e. The Balaban J connectivity index is 4.23. The molecule has 104 valence electrons. The maximum atomic E-state index is 11.4. The summed E-state index contributed by atoms with van der Waals surface area (Å²) in [7, 11) is 0. The molecule has 0 heterocycles. The van der Waals surface area contributed by atoms with Crippen molar-refractivity contribution in [2.45, 2.75) is 32.4 Å². The van der Waals surface area contributed by atoms with Gasteiger partial charge in [0.05, 0.1) is 0 Å². The topological polar surface area (TPSA) is 75.6 Å². The Labute approximate surface area is 119 Å². The summed E-state index contributed by atoms with van der Waals surface area (Å²) >= 11 is 4.54. The third kappa shape index (κ3) is 9.35. The van der Waals surface area contributed by atoms with Gasteiger partial charge in [-0.05, 0) is 25.3 Å². The van der Waals surface area contributed by atoms with E-state index >= 15 is 0 Å². The van der Waals surface area contributed by atoms with Crippen LogP contribution in [-0.4, -0.2) is 40.3 Å². The summed E-state index contributed by atoms with van der Waals surface area (Å²) in [6, 6.07) is -0.975. The molecule has 1 amide bonds. The first-order valence-electron chi connectivity index (χ1n) is 5.25. The fourth-order valence-corrected chi connectivity index (χ4v) is 2.20. The fourth-order valence-electron chi connectivity index (χ4n) is 0.912. The van der Waals surface area contributed by atoms with Crippen LogP contribution < -0.4 is 5.32 Å². The molecule has 0 saturated carbocycles. The van der Waals surface area contributed by atoms with Gasteiger partial charge in [0.25, 0.3) is 0 Å². The zero-order chi connectivity index (χ0) is 14.3. The van der Waals surface area contributed by atoms with E-state index in [-0.39, 0.29) is 5.75 Å². The quantitative estimate of drug-likeness (QED) is 0.777. The highest BCUT2D eigenvalue weighted by atomic mass is 79.9. The molecule has 0 aliphatic carbocycles. The SMILES string of the molecule is C=C(Br)CSCC(NC(=O)OC(C)(C)C)C(=O)O. The van der Waals surface area contributed by atoms with Crippen LogP contribution in [0, 0.1) is 0 Å². The van der Waals surface area contributed by atoms with Crippen molar-refractivity contribution in [1.29, 1.82) is 0 Å². The number of thioether (sulfide) groups is 1. The minimum absolute atomic E-state index is 0.249. The highest BCUT2D eigenvalue weighted by molar-refractivity contribution is 9.11. The van der Waals surface area contributed by atoms with E-state index in [1.165, 1.54) is 11.8 Å². The van der Waals surface area contributed by atoms with E-state index in [0.717, 1.165) is 4.48 Å². The molecule has 0 aliphatic rings. The molecule has 0 spiro atoms. The molecule has 0 aromatic carbocycles. The summed E-state index contributed by atoms with van der Waals surface area (Å²) in [5, 5.41) is 11.3. The number of carbonyl (C=O) groups excluding carboxylic acids is 1. The van der Waals surface area contributed by atoms with Crippen LogP contribution in [0.4, 0.5) is 4.79 Å². The van der Waals surface area contributed by atoms with Crippen molar-refractivity contribution < 1.29 is 19.4 Å². The minimum Gasteiger partial charge on any atom is -0.480 e. The molecule has 0 rings (SSSR count). The number of aliphatic carboxylic acids is 1. The van der Waals surface area contributed by atoms with Gasteiger partial charge >= 0.3 is 12.1 Å². The first-order valence-corrected chi connectivity index (χ1v) is 7.20. The third-order valence-electron chi connectivity index (χ3n) is 1.53. The van der Waals surface area contributed by atoms with Crippen LogP contribution in [-0.2, 0) is 9.53 Å². The van der Waals surface area contributed by atoms with Gasteiger partial charge in [0.1, 0.15) is 11.6 Å². The van der Waals surface area contributed by atoms with Gasteiger partial charge in [0, 0.05) is 11.5 Å². The number of nitrogens with one attached hydrogen (secondary N) is 1. The number of halogens is 1. The number of amides is 1. The largest absolute Gasteiger partial charge is 0.480 e. The molecule has 2 N–H and O–H groups in total. The fraction of sp³-hybridized carbons (Fsp3) is 0.636. The second kappa shape index (κ2) is 7.68. The summed E-state index contributed by atoms with van der Waals surface area (Å²) in [5.74, 6) is -0.257. The lowest BCUT2D eigenvalue weighted by molar-refractivity contribution is -0.138. The number of ether oxygens (including phenoxy) is 1. The number of rotatable bonds is 6. The monoisotopic (exact) mass is 339 g/mol. The summed E-state index contributed by atoms with van der Waals surface area (Å²) in [6.45, 7) is 8.79. The number of hydrogen-bond donors (Lipinski definition) is 2. The predicted octanol–water partition coefficient (Wildman–Crippen LogP) is 2.61. The Morgan fingerprint density at radius 3 is 2.44 bits per heavy atom. The Morgan fingerprint density at radius 2 is 2.06 bits per heavy atom. The van der Waals surface area contributed by atoms with E-state index in [2.05, 4.69) is 27.8 Å². The number of hydrogen-bond acceptors (Lipinski definition) is 4. The second-order valence-corrected chi connectivity index (χ2v) is 6.72. The first kappa shape index (κ1) is 17.3. The van der Waals surface area contributed by atoms with Gasteiger partial charge < -0.3 is 15.2 Å². The number of carboxylic acids is 1. The summed E-state index contributed by atoms with van der Waals surface area (Å²) < 4.78 is 5.77. The van der Waals surface area contributed by atoms with Crippen molar-refractivity contribution in [3.05, 3.63) is 11.1 Å². The molecule has 0 aromatic heterocycles. The van der Waals surface area contributed by atoms with Crippen molar-refractivity contribution in [2.75, 3.05) is 11.5 Å². The van der Waals surface area contributed by atoms with Crippen molar-refractivity contribution >= 4 is 39.8 Å². The van der Waals surface area contributed by atoms with Crippen LogP contribution in [0.15, 0.2) is 11.1 Å². The molecular formula is C11H18BrNO4S. The van der Waals surface area contributed by atoms with Crippen LogP contribution >= 0.6 is 27.7 Å². The van der Waals surface area contributed by atoms with Gasteiger partial charge in [-0.3, -0.25) is 0 Å². The zero-order valence-corrected chi connectivity index (χ0v) is 13.1. The molecule has 0 saturated heterocycles. The molecule has 0 aliphatic heterocycles. The smallest absolute Gasteiger partial charge is 0.408 e. The van der Waals surface area contributed by atoms with Gasteiger partial charge in [-0.2, -0.15) is 11.8 Å². The predicted molar refractivity (Wildman–Crippen MR) is 76.2 cm³/mol. The molecule has 1 unspecified atom stereocenters. The number of carbonyl (C=O) groups is 2. The van der Waals surface area contributed by atoms with E-state index in [4.69, 9.17) is 9.84 Å². The van der Waals surface area contributed by atoms with Crippen molar-refractivity contribution in [3.63, 3.8) is 0 Å². The second-order valence-electron chi connectivity index (χ2n) is 4.57. The standard InChI is InChI=1S/C11H18BrNO4S/c1-7(12)5-18-6-8(9(14)15)13-10(16)17-11(2,3)4/h8H,1,5-6H2,2-4H3,(H,13,16)(H,14,15). The first-order chi connectivity index (χ1) is 8.11. The van der Waals surface area contributed by atoms with Crippen LogP contribution in [0.2, 0.25) is 0 Å². The Morgan fingerprint density at radius 1 is 1.50 bits per heavy atom. The maximum absolute atomic E-state index is 11.4. The Bertz CT molecular complexity index is 327. The van der Waals surface area contributed by atoms with Crippen LogP contribution in [0.1, 0.15) is 20.8 Å². The molecule has 18 heavy (non-hydrogen) atoms. The zero-order valence-electron chi connectivity index (χ0n) is 10.7. The van der Waals surface area contributed by atoms with Gasteiger partial charge in [-0.25, -0.2) is 9.59 Å². The van der Waals surface area contributed by atoms with Crippen LogP contribution in [0.25, 0.3) is 0 Å². The average Bonchev–Trinajstić information content (AvgIpc) is 2.12. The van der Waals surface area contributed by atoms with Gasteiger partial charge in [0.2, 0.25) is 0 Å². The van der Waals surface area contributed by atoms with Gasteiger partial charge in [0.15, 0.2) is 0 Å². The van der Waals surface area contributed by atoms with E-state index in [1.807, 2.05) is 0 Å². The minimum atomic E-state index is -1.09. The van der Waals surface area contributed by atoms with E-state index in [0.29, 0.717) is 5.75 Å². The highest BCUT2D eigenvalue weighted by Crippen LogP contribution is 2.13. The highest BCUT2D eigenvalue weighted by Gasteiger charge is 2.23. The Kier molecular flexibility index (Phi) is 7.39. The molecule has 7 heteroatoms. The third-order valence-corrected chi connectivity index (χ3v) is 3.31. The summed E-state index contributed by atoms with van der Waals surface area (Å²) in [5.41, 5.74) is -0.648. The summed E-state index contributed by atoms with van der Waals surface area (Å²) in [6.07, 6.45) is -0.729. The van der Waals surface area contributed by atoms with Crippen molar-refractivity contribution in [1.82, 2.24) is 5.32 Å². The van der Waals surface area contributed by atoms with E-state index in [9.17, 15) is 9.59 Å². The van der Waals surface area contributed by atoms with Gasteiger partial charge in [-0.15, -0.1) is 0 Å². The number of alkyl carbamates (subject to hydrolysis) is 1. The van der Waals surface area contributed by atoms with Crippen molar-refractivity contribution in [3.8, 4) is 0 Å². The van der Waals surface area contributed by atoms with Gasteiger partial charge in [-0.1, -0.05) is 22.5 Å².